The van der Waals surface area contributed by atoms with Crippen LogP contribution in [0.5, 0.6) is 0 Å². The molecule has 0 aliphatic heterocycles. The van der Waals surface area contributed by atoms with Crippen LogP contribution in [-0.2, 0) is 0 Å². The molecule has 1 aromatic heterocycles. The second-order valence-corrected chi connectivity index (χ2v) is 2.80. The molecule has 0 spiro atoms. The molecular weight excluding hydrogens is 162 g/mol. The molecule has 0 aliphatic rings. The topological polar surface area (TPSA) is 53.8 Å². The molecule has 1 heterocycles. The minimum atomic E-state index is 0.747. The lowest BCUT2D eigenvalue weighted by Crippen LogP contribution is -1.95. The minimum absolute atomic E-state index is 0.747. The quantitative estimate of drug-likeness (QED) is 0.610. The van der Waals surface area contributed by atoms with E-state index < -0.39 is 0 Å². The van der Waals surface area contributed by atoms with Gasteiger partial charge in [0.15, 0.2) is 0 Å². The SMILES string of the molecule is Nc1ccccc1Nc1ccc[nH]1. The fourth-order valence-corrected chi connectivity index (χ4v) is 1.16. The van der Waals surface area contributed by atoms with Crippen molar-refractivity contribution < 1.29 is 0 Å². The van der Waals surface area contributed by atoms with Gasteiger partial charge in [0.2, 0.25) is 0 Å². The summed E-state index contributed by atoms with van der Waals surface area (Å²) in [6, 6.07) is 11.5. The molecule has 0 saturated heterocycles. The standard InChI is InChI=1S/C10H11N3/c11-8-4-1-2-5-9(8)13-10-6-3-7-12-10/h1-7,12-13H,11H2. The Balaban J connectivity index is 2.24. The molecule has 13 heavy (non-hydrogen) atoms. The first kappa shape index (κ1) is 7.73. The van der Waals surface area contributed by atoms with Crippen LogP contribution in [0.15, 0.2) is 42.6 Å². The second-order valence-electron chi connectivity index (χ2n) is 2.80. The number of anilines is 3. The first-order valence-electron chi connectivity index (χ1n) is 4.11. The van der Waals surface area contributed by atoms with Crippen LogP contribution in [0.2, 0.25) is 0 Å². The molecule has 0 aliphatic carbocycles. The Morgan fingerprint density at radius 1 is 1.08 bits per heavy atom. The van der Waals surface area contributed by atoms with Crippen LogP contribution in [0.1, 0.15) is 0 Å². The van der Waals surface area contributed by atoms with E-state index in [1.807, 2.05) is 42.6 Å². The lowest BCUT2D eigenvalue weighted by molar-refractivity contribution is 1.38. The number of hydrogen-bond donors (Lipinski definition) is 3. The van der Waals surface area contributed by atoms with Crippen LogP contribution in [0.3, 0.4) is 0 Å². The molecule has 0 unspecified atom stereocenters. The van der Waals surface area contributed by atoms with E-state index in [0.29, 0.717) is 0 Å². The summed E-state index contributed by atoms with van der Waals surface area (Å²) in [6.45, 7) is 0. The van der Waals surface area contributed by atoms with Crippen LogP contribution < -0.4 is 11.1 Å². The number of aromatic nitrogens is 1. The van der Waals surface area contributed by atoms with Gasteiger partial charge >= 0.3 is 0 Å². The van der Waals surface area contributed by atoms with E-state index in [1.54, 1.807) is 0 Å². The largest absolute Gasteiger partial charge is 0.397 e. The van der Waals surface area contributed by atoms with Gasteiger partial charge in [-0.15, -0.1) is 0 Å². The van der Waals surface area contributed by atoms with E-state index in [4.69, 9.17) is 5.73 Å². The van der Waals surface area contributed by atoms with Crippen molar-refractivity contribution >= 4 is 17.2 Å². The summed E-state index contributed by atoms with van der Waals surface area (Å²) in [5.41, 5.74) is 7.43. The monoisotopic (exact) mass is 173 g/mol. The van der Waals surface area contributed by atoms with Crippen LogP contribution in [0.25, 0.3) is 0 Å². The van der Waals surface area contributed by atoms with Gasteiger partial charge < -0.3 is 16.0 Å². The van der Waals surface area contributed by atoms with Gasteiger partial charge in [-0.3, -0.25) is 0 Å². The van der Waals surface area contributed by atoms with Gasteiger partial charge in [0.1, 0.15) is 5.82 Å². The van der Waals surface area contributed by atoms with Crippen molar-refractivity contribution in [3.8, 4) is 0 Å². The number of nitrogen functional groups attached to an aromatic ring is 1. The molecule has 0 fully saturated rings. The molecule has 0 bridgehead atoms. The molecular formula is C10H11N3. The zero-order valence-corrected chi connectivity index (χ0v) is 7.12. The van der Waals surface area contributed by atoms with E-state index in [0.717, 1.165) is 17.2 Å². The Hall–Kier alpha value is -1.90. The van der Waals surface area contributed by atoms with Gasteiger partial charge in [-0.05, 0) is 24.3 Å². The van der Waals surface area contributed by atoms with Gasteiger partial charge in [0.05, 0.1) is 11.4 Å². The maximum absolute atomic E-state index is 5.76. The van der Waals surface area contributed by atoms with E-state index in [-0.39, 0.29) is 0 Å². The summed E-state index contributed by atoms with van der Waals surface area (Å²) >= 11 is 0. The number of H-pyrrole nitrogens is 1. The number of hydrogen-bond acceptors (Lipinski definition) is 2. The van der Waals surface area contributed by atoms with Gasteiger partial charge in [-0.25, -0.2) is 0 Å². The van der Waals surface area contributed by atoms with Crippen LogP contribution in [0.4, 0.5) is 17.2 Å². The molecule has 0 atom stereocenters. The van der Waals surface area contributed by atoms with Crippen LogP contribution in [-0.4, -0.2) is 4.98 Å². The van der Waals surface area contributed by atoms with Gasteiger partial charge in [-0.1, -0.05) is 12.1 Å². The van der Waals surface area contributed by atoms with Gasteiger partial charge in [0.25, 0.3) is 0 Å². The first-order valence-corrected chi connectivity index (χ1v) is 4.11. The smallest absolute Gasteiger partial charge is 0.107 e. The molecule has 2 aromatic rings. The molecule has 66 valence electrons. The third-order valence-electron chi connectivity index (χ3n) is 1.83. The van der Waals surface area contributed by atoms with Crippen molar-refractivity contribution in [3.05, 3.63) is 42.6 Å². The van der Waals surface area contributed by atoms with E-state index in [1.165, 1.54) is 0 Å². The molecule has 0 amide bonds. The Morgan fingerprint density at radius 2 is 1.92 bits per heavy atom. The molecule has 2 rings (SSSR count). The van der Waals surface area contributed by atoms with Crippen molar-refractivity contribution in [2.45, 2.75) is 0 Å². The maximum Gasteiger partial charge on any atom is 0.107 e. The van der Waals surface area contributed by atoms with Crippen molar-refractivity contribution in [3.63, 3.8) is 0 Å². The highest BCUT2D eigenvalue weighted by Crippen LogP contribution is 2.20. The highest BCUT2D eigenvalue weighted by Gasteiger charge is 1.97. The van der Waals surface area contributed by atoms with Crippen LogP contribution in [0, 0.1) is 0 Å². The minimum Gasteiger partial charge on any atom is -0.397 e. The summed E-state index contributed by atoms with van der Waals surface area (Å²) in [4.78, 5) is 3.05. The molecule has 0 radical (unpaired) electrons. The predicted octanol–water partition coefficient (Wildman–Crippen LogP) is 2.34. The molecule has 3 nitrogen and oxygen atoms in total. The number of aromatic amines is 1. The van der Waals surface area contributed by atoms with Crippen molar-refractivity contribution in [2.24, 2.45) is 0 Å². The predicted molar refractivity (Wildman–Crippen MR) is 54.9 cm³/mol. The van der Waals surface area contributed by atoms with Crippen LogP contribution >= 0.6 is 0 Å². The highest BCUT2D eigenvalue weighted by molar-refractivity contribution is 5.70. The maximum atomic E-state index is 5.76. The Labute approximate surface area is 76.6 Å². The zero-order chi connectivity index (χ0) is 9.10. The number of nitrogens with one attached hydrogen (secondary N) is 2. The number of para-hydroxylation sites is 2. The van der Waals surface area contributed by atoms with E-state index in [9.17, 15) is 0 Å². The summed E-state index contributed by atoms with van der Waals surface area (Å²) in [5.74, 6) is 0.943. The number of rotatable bonds is 2. The second kappa shape index (κ2) is 3.23. The molecule has 0 saturated carbocycles. The average molecular weight is 173 g/mol. The molecule has 3 heteroatoms. The number of benzene rings is 1. The summed E-state index contributed by atoms with van der Waals surface area (Å²) in [7, 11) is 0. The third-order valence-corrected chi connectivity index (χ3v) is 1.83. The average Bonchev–Trinajstić information content (AvgIpc) is 2.61. The van der Waals surface area contributed by atoms with Crippen molar-refractivity contribution in [1.29, 1.82) is 0 Å². The van der Waals surface area contributed by atoms with Crippen molar-refractivity contribution in [2.75, 3.05) is 11.1 Å². The lowest BCUT2D eigenvalue weighted by Gasteiger charge is -2.06. The Morgan fingerprint density at radius 3 is 2.62 bits per heavy atom. The van der Waals surface area contributed by atoms with Crippen molar-refractivity contribution in [1.82, 2.24) is 4.98 Å². The first-order chi connectivity index (χ1) is 6.36. The van der Waals surface area contributed by atoms with E-state index >= 15 is 0 Å². The summed E-state index contributed by atoms with van der Waals surface area (Å²) < 4.78 is 0. The van der Waals surface area contributed by atoms with Gasteiger partial charge in [0, 0.05) is 6.20 Å². The fraction of sp³-hybridized carbons (Fsp3) is 0. The Kier molecular flexibility index (Phi) is 1.92. The molecule has 4 N–H and O–H groups in total. The highest BCUT2D eigenvalue weighted by atomic mass is 15.0. The lowest BCUT2D eigenvalue weighted by atomic mass is 10.3. The zero-order valence-electron chi connectivity index (χ0n) is 7.12. The Bertz CT molecular complexity index is 379. The number of nitrogens with two attached hydrogens (primary N) is 1. The fourth-order valence-electron chi connectivity index (χ4n) is 1.16. The van der Waals surface area contributed by atoms with E-state index in [2.05, 4.69) is 10.3 Å². The third kappa shape index (κ3) is 1.64. The summed E-state index contributed by atoms with van der Waals surface area (Å²) in [6.07, 6.45) is 1.86. The normalized spacial score (nSPS) is 9.85. The van der Waals surface area contributed by atoms with Gasteiger partial charge in [-0.2, -0.15) is 0 Å². The molecule has 1 aromatic carbocycles. The summed E-state index contributed by atoms with van der Waals surface area (Å²) in [5, 5.41) is 3.17.